The topological polar surface area (TPSA) is 45.4 Å². The number of hydrogen-bond acceptors (Lipinski definition) is 5. The minimum absolute atomic E-state index is 0.428. The van der Waals surface area contributed by atoms with Crippen molar-refractivity contribution in [1.29, 1.82) is 0 Å². The number of oxazole rings is 1. The Labute approximate surface area is 117 Å². The second-order valence-electron chi connectivity index (χ2n) is 4.96. The molecule has 5 nitrogen and oxygen atoms in total. The van der Waals surface area contributed by atoms with Crippen LogP contribution in [0.4, 0.5) is 10.1 Å². The molecule has 0 atom stereocenters. The Morgan fingerprint density at radius 1 is 1.30 bits per heavy atom. The normalized spacial score (nSPS) is 16.6. The molecule has 6 heteroatoms. The van der Waals surface area contributed by atoms with E-state index in [2.05, 4.69) is 19.8 Å². The SMILES string of the molecule is Cc1nc(CN2CCN(c3ccnc(F)c3)CC2)co1. The molecular formula is C14H17FN4O. The van der Waals surface area contributed by atoms with Gasteiger partial charge in [0.05, 0.1) is 5.69 Å². The van der Waals surface area contributed by atoms with E-state index in [0.29, 0.717) is 5.89 Å². The number of aromatic nitrogens is 2. The third kappa shape index (κ3) is 2.96. The van der Waals surface area contributed by atoms with Crippen molar-refractivity contribution >= 4 is 5.69 Å². The maximum Gasteiger partial charge on any atom is 0.214 e. The van der Waals surface area contributed by atoms with Crippen LogP contribution in [0.1, 0.15) is 11.6 Å². The van der Waals surface area contributed by atoms with Gasteiger partial charge >= 0.3 is 0 Å². The van der Waals surface area contributed by atoms with Crippen molar-refractivity contribution in [3.8, 4) is 0 Å². The molecule has 106 valence electrons. The summed E-state index contributed by atoms with van der Waals surface area (Å²) in [5.41, 5.74) is 1.86. The van der Waals surface area contributed by atoms with Gasteiger partial charge in [0.2, 0.25) is 5.95 Å². The van der Waals surface area contributed by atoms with E-state index in [9.17, 15) is 4.39 Å². The zero-order valence-electron chi connectivity index (χ0n) is 11.4. The summed E-state index contributed by atoms with van der Waals surface area (Å²) in [6.07, 6.45) is 3.22. The lowest BCUT2D eigenvalue weighted by Gasteiger charge is -2.35. The molecule has 3 heterocycles. The maximum atomic E-state index is 13.1. The summed E-state index contributed by atoms with van der Waals surface area (Å²) < 4.78 is 18.3. The molecular weight excluding hydrogens is 259 g/mol. The average molecular weight is 276 g/mol. The Kier molecular flexibility index (Phi) is 3.64. The van der Waals surface area contributed by atoms with Gasteiger partial charge in [0, 0.05) is 57.6 Å². The van der Waals surface area contributed by atoms with Crippen LogP contribution >= 0.6 is 0 Å². The van der Waals surface area contributed by atoms with Crippen molar-refractivity contribution < 1.29 is 8.81 Å². The first-order valence-electron chi connectivity index (χ1n) is 6.70. The van der Waals surface area contributed by atoms with Crippen LogP contribution in [0.5, 0.6) is 0 Å². The highest BCUT2D eigenvalue weighted by molar-refractivity contribution is 5.45. The first-order chi connectivity index (χ1) is 9.70. The quantitative estimate of drug-likeness (QED) is 0.800. The highest BCUT2D eigenvalue weighted by Gasteiger charge is 2.18. The highest BCUT2D eigenvalue weighted by Crippen LogP contribution is 2.17. The van der Waals surface area contributed by atoms with E-state index in [1.165, 1.54) is 12.3 Å². The molecule has 0 radical (unpaired) electrons. The predicted octanol–water partition coefficient (Wildman–Crippen LogP) is 1.84. The van der Waals surface area contributed by atoms with Gasteiger partial charge < -0.3 is 9.32 Å². The van der Waals surface area contributed by atoms with Crippen molar-refractivity contribution in [2.24, 2.45) is 0 Å². The standard InChI is InChI=1S/C14H17FN4O/c1-11-17-12(10-20-11)9-18-4-6-19(7-5-18)13-2-3-16-14(15)8-13/h2-3,8,10H,4-7,9H2,1H3. The van der Waals surface area contributed by atoms with Gasteiger partial charge in [0.15, 0.2) is 5.89 Å². The summed E-state index contributed by atoms with van der Waals surface area (Å²) in [6, 6.07) is 3.33. The van der Waals surface area contributed by atoms with E-state index in [-0.39, 0.29) is 0 Å². The third-order valence-electron chi connectivity index (χ3n) is 3.50. The van der Waals surface area contributed by atoms with Gasteiger partial charge in [0.1, 0.15) is 6.26 Å². The Hall–Kier alpha value is -1.95. The number of piperazine rings is 1. The fraction of sp³-hybridized carbons (Fsp3) is 0.429. The minimum atomic E-state index is -0.428. The van der Waals surface area contributed by atoms with Crippen molar-refractivity contribution in [2.75, 3.05) is 31.1 Å². The maximum absolute atomic E-state index is 13.1. The molecule has 0 N–H and O–H groups in total. The van der Waals surface area contributed by atoms with E-state index in [1.807, 2.05) is 13.0 Å². The molecule has 1 fully saturated rings. The van der Waals surface area contributed by atoms with Gasteiger partial charge in [0.25, 0.3) is 0 Å². The smallest absolute Gasteiger partial charge is 0.214 e. The van der Waals surface area contributed by atoms with Crippen LogP contribution in [-0.2, 0) is 6.54 Å². The van der Waals surface area contributed by atoms with E-state index in [4.69, 9.17) is 4.42 Å². The molecule has 1 aliphatic rings. The minimum Gasteiger partial charge on any atom is -0.449 e. The lowest BCUT2D eigenvalue weighted by molar-refractivity contribution is 0.247. The molecule has 1 aliphatic heterocycles. The van der Waals surface area contributed by atoms with Crippen molar-refractivity contribution in [2.45, 2.75) is 13.5 Å². The first kappa shape index (κ1) is 13.1. The molecule has 0 saturated carbocycles. The number of halogens is 1. The molecule has 0 unspecified atom stereocenters. The Morgan fingerprint density at radius 3 is 2.75 bits per heavy atom. The number of anilines is 1. The average Bonchev–Trinajstić information content (AvgIpc) is 2.85. The number of nitrogens with zero attached hydrogens (tertiary/aromatic N) is 4. The summed E-state index contributed by atoms with van der Waals surface area (Å²) in [4.78, 5) is 12.4. The summed E-state index contributed by atoms with van der Waals surface area (Å²) in [6.45, 7) is 6.25. The van der Waals surface area contributed by atoms with Crippen LogP contribution in [0.25, 0.3) is 0 Å². The van der Waals surface area contributed by atoms with Gasteiger partial charge in [-0.15, -0.1) is 0 Å². The molecule has 20 heavy (non-hydrogen) atoms. The number of rotatable bonds is 3. The highest BCUT2D eigenvalue weighted by atomic mass is 19.1. The number of aryl methyl sites for hydroxylation is 1. The molecule has 0 spiro atoms. The fourth-order valence-electron chi connectivity index (χ4n) is 2.46. The molecule has 2 aromatic rings. The van der Waals surface area contributed by atoms with E-state index in [1.54, 1.807) is 6.26 Å². The summed E-state index contributed by atoms with van der Waals surface area (Å²) in [5, 5.41) is 0. The summed E-state index contributed by atoms with van der Waals surface area (Å²) in [7, 11) is 0. The fourth-order valence-corrected chi connectivity index (χ4v) is 2.46. The monoisotopic (exact) mass is 276 g/mol. The second-order valence-corrected chi connectivity index (χ2v) is 4.96. The van der Waals surface area contributed by atoms with Crippen molar-refractivity contribution in [1.82, 2.24) is 14.9 Å². The molecule has 1 saturated heterocycles. The van der Waals surface area contributed by atoms with Gasteiger partial charge in [-0.25, -0.2) is 9.97 Å². The van der Waals surface area contributed by atoms with Gasteiger partial charge in [-0.2, -0.15) is 4.39 Å². The molecule has 0 aliphatic carbocycles. The number of pyridine rings is 1. The van der Waals surface area contributed by atoms with Crippen molar-refractivity contribution in [3.05, 3.63) is 42.1 Å². The first-order valence-corrected chi connectivity index (χ1v) is 6.70. The zero-order valence-corrected chi connectivity index (χ0v) is 11.4. The lowest BCUT2D eigenvalue weighted by atomic mass is 10.2. The lowest BCUT2D eigenvalue weighted by Crippen LogP contribution is -2.46. The van der Waals surface area contributed by atoms with Crippen LogP contribution in [0.3, 0.4) is 0 Å². The van der Waals surface area contributed by atoms with Crippen LogP contribution < -0.4 is 4.90 Å². The van der Waals surface area contributed by atoms with Crippen LogP contribution in [-0.4, -0.2) is 41.0 Å². The van der Waals surface area contributed by atoms with Gasteiger partial charge in [-0.1, -0.05) is 0 Å². The molecule has 0 bridgehead atoms. The van der Waals surface area contributed by atoms with Crippen molar-refractivity contribution in [3.63, 3.8) is 0 Å². The number of hydrogen-bond donors (Lipinski definition) is 0. The Morgan fingerprint density at radius 2 is 2.10 bits per heavy atom. The Bertz CT molecular complexity index is 578. The van der Waals surface area contributed by atoms with Crippen LogP contribution in [0.15, 0.2) is 29.0 Å². The van der Waals surface area contributed by atoms with E-state index >= 15 is 0 Å². The third-order valence-corrected chi connectivity index (χ3v) is 3.50. The molecule has 0 amide bonds. The largest absolute Gasteiger partial charge is 0.449 e. The zero-order chi connectivity index (χ0) is 13.9. The summed E-state index contributed by atoms with van der Waals surface area (Å²) >= 11 is 0. The second kappa shape index (κ2) is 5.58. The molecule has 0 aromatic carbocycles. The molecule has 3 rings (SSSR count). The van der Waals surface area contributed by atoms with Crippen LogP contribution in [0.2, 0.25) is 0 Å². The van der Waals surface area contributed by atoms with Gasteiger partial charge in [-0.05, 0) is 6.07 Å². The predicted molar refractivity (Wildman–Crippen MR) is 72.9 cm³/mol. The van der Waals surface area contributed by atoms with E-state index in [0.717, 1.165) is 44.1 Å². The Balaban J connectivity index is 1.57. The summed E-state index contributed by atoms with van der Waals surface area (Å²) in [5.74, 6) is 0.272. The van der Waals surface area contributed by atoms with E-state index < -0.39 is 5.95 Å². The molecule has 2 aromatic heterocycles. The van der Waals surface area contributed by atoms with Gasteiger partial charge in [-0.3, -0.25) is 4.90 Å². The van der Waals surface area contributed by atoms with Crippen LogP contribution in [0, 0.1) is 12.9 Å².